The van der Waals surface area contributed by atoms with Gasteiger partial charge < -0.3 is 4.74 Å². The molecule has 3 rings (SSSR count). The molecule has 1 aromatic carbocycles. The molecule has 1 aromatic rings. The Morgan fingerprint density at radius 2 is 1.88 bits per heavy atom. The van der Waals surface area contributed by atoms with Crippen molar-refractivity contribution in [2.75, 3.05) is 0 Å². The maximum atomic E-state index is 13.9. The molecule has 0 heterocycles. The fourth-order valence-corrected chi connectivity index (χ4v) is 6.19. The molecule has 2 saturated carbocycles. The zero-order valence-electron chi connectivity index (χ0n) is 20.8. The fraction of sp³-hybridized carbons (Fsp3) is 0.655. The van der Waals surface area contributed by atoms with E-state index in [9.17, 15) is 9.59 Å². The average molecular weight is 439 g/mol. The van der Waals surface area contributed by atoms with E-state index in [0.717, 1.165) is 50.5 Å². The second-order valence-electron chi connectivity index (χ2n) is 10.6. The molecule has 176 valence electrons. The fourth-order valence-electron chi connectivity index (χ4n) is 6.19. The molecule has 4 atom stereocenters. The van der Waals surface area contributed by atoms with Crippen LogP contribution in [-0.4, -0.2) is 17.9 Å². The lowest BCUT2D eigenvalue weighted by Crippen LogP contribution is -2.49. The molecule has 32 heavy (non-hydrogen) atoms. The first-order chi connectivity index (χ1) is 15.3. The van der Waals surface area contributed by atoms with Crippen molar-refractivity contribution in [1.82, 2.24) is 0 Å². The normalized spacial score (nSPS) is 30.3. The van der Waals surface area contributed by atoms with Crippen LogP contribution >= 0.6 is 0 Å². The van der Waals surface area contributed by atoms with Crippen LogP contribution in [0.4, 0.5) is 0 Å². The third-order valence-electron chi connectivity index (χ3n) is 8.06. The average Bonchev–Trinajstić information content (AvgIpc) is 2.77. The van der Waals surface area contributed by atoms with Gasteiger partial charge in [0.15, 0.2) is 5.78 Å². The Kier molecular flexibility index (Phi) is 8.01. The Morgan fingerprint density at radius 3 is 2.53 bits per heavy atom. The van der Waals surface area contributed by atoms with E-state index in [1.54, 1.807) is 0 Å². The Bertz CT molecular complexity index is 822. The minimum atomic E-state index is -1.06. The molecule has 3 heteroatoms. The lowest BCUT2D eigenvalue weighted by molar-refractivity contribution is -0.170. The van der Waals surface area contributed by atoms with Crippen molar-refractivity contribution in [2.45, 2.75) is 104 Å². The SMILES string of the molecule is CC/C=C1\CCCC(=O)[C@@]1(CCC)C(=O)O[C@@H]1C[C@H](C)CC[C@H]1C(C)(C)c1ccccc1. The molecule has 3 nitrogen and oxygen atoms in total. The van der Waals surface area contributed by atoms with Crippen LogP contribution in [0.25, 0.3) is 0 Å². The highest BCUT2D eigenvalue weighted by molar-refractivity contribution is 6.07. The summed E-state index contributed by atoms with van der Waals surface area (Å²) in [5, 5.41) is 0. The number of ketones is 1. The van der Waals surface area contributed by atoms with Crippen LogP contribution in [-0.2, 0) is 19.7 Å². The summed E-state index contributed by atoms with van der Waals surface area (Å²) >= 11 is 0. The van der Waals surface area contributed by atoms with E-state index in [-0.39, 0.29) is 29.2 Å². The van der Waals surface area contributed by atoms with Gasteiger partial charge >= 0.3 is 5.97 Å². The van der Waals surface area contributed by atoms with E-state index < -0.39 is 5.41 Å². The summed E-state index contributed by atoms with van der Waals surface area (Å²) in [4.78, 5) is 27.2. The van der Waals surface area contributed by atoms with E-state index in [0.29, 0.717) is 18.8 Å². The molecule has 0 aliphatic heterocycles. The molecule has 0 radical (unpaired) electrons. The third kappa shape index (κ3) is 4.72. The van der Waals surface area contributed by atoms with Crippen LogP contribution in [0.5, 0.6) is 0 Å². The minimum Gasteiger partial charge on any atom is -0.461 e. The van der Waals surface area contributed by atoms with Crippen molar-refractivity contribution in [2.24, 2.45) is 17.3 Å². The lowest BCUT2D eigenvalue weighted by atomic mass is 9.64. The van der Waals surface area contributed by atoms with Crippen LogP contribution in [0.2, 0.25) is 0 Å². The van der Waals surface area contributed by atoms with Gasteiger partial charge in [0, 0.05) is 12.3 Å². The number of esters is 1. The van der Waals surface area contributed by atoms with Crippen molar-refractivity contribution in [3.05, 3.63) is 47.5 Å². The number of benzene rings is 1. The summed E-state index contributed by atoms with van der Waals surface area (Å²) in [6.07, 6.45) is 9.35. The predicted molar refractivity (Wildman–Crippen MR) is 130 cm³/mol. The minimum absolute atomic E-state index is 0.0676. The maximum Gasteiger partial charge on any atom is 0.324 e. The Labute approximate surface area is 195 Å². The van der Waals surface area contributed by atoms with Gasteiger partial charge in [-0.3, -0.25) is 9.59 Å². The molecular formula is C29H42O3. The summed E-state index contributed by atoms with van der Waals surface area (Å²) < 4.78 is 6.42. The first-order valence-electron chi connectivity index (χ1n) is 12.8. The summed E-state index contributed by atoms with van der Waals surface area (Å²) in [5.41, 5.74) is 1.11. The molecule has 0 aromatic heterocycles. The summed E-state index contributed by atoms with van der Waals surface area (Å²) in [6.45, 7) is 10.9. The topological polar surface area (TPSA) is 43.4 Å². The predicted octanol–water partition coefficient (Wildman–Crippen LogP) is 7.19. The van der Waals surface area contributed by atoms with Crippen LogP contribution in [0.15, 0.2) is 42.0 Å². The highest BCUT2D eigenvalue weighted by Crippen LogP contribution is 2.47. The van der Waals surface area contributed by atoms with Crippen molar-refractivity contribution >= 4 is 11.8 Å². The van der Waals surface area contributed by atoms with Crippen LogP contribution in [0, 0.1) is 17.3 Å². The zero-order chi connectivity index (χ0) is 23.4. The number of allylic oxidation sites excluding steroid dienone is 1. The second kappa shape index (κ2) is 10.4. The molecule has 2 fully saturated rings. The standard InChI is InChI=1S/C29H42O3/c1-6-12-23-15-11-16-26(30)29(23,19-7-2)27(31)32-25-20-21(3)17-18-24(25)28(4,5)22-13-9-8-10-14-22/h8-10,12-14,21,24-25H,6-7,11,15-20H2,1-5H3/b23-12+/t21-,24-,25-,29+/m1/s1. The van der Waals surface area contributed by atoms with Gasteiger partial charge in [-0.1, -0.05) is 83.9 Å². The van der Waals surface area contributed by atoms with Crippen molar-refractivity contribution in [3.63, 3.8) is 0 Å². The smallest absolute Gasteiger partial charge is 0.324 e. The van der Waals surface area contributed by atoms with Gasteiger partial charge in [-0.25, -0.2) is 0 Å². The molecule has 0 bridgehead atoms. The quantitative estimate of drug-likeness (QED) is 0.257. The summed E-state index contributed by atoms with van der Waals surface area (Å²) in [7, 11) is 0. The molecule has 2 aliphatic carbocycles. The van der Waals surface area contributed by atoms with Crippen LogP contribution < -0.4 is 0 Å². The monoisotopic (exact) mass is 438 g/mol. The number of ether oxygens (including phenoxy) is 1. The highest BCUT2D eigenvalue weighted by atomic mass is 16.5. The van der Waals surface area contributed by atoms with Gasteiger partial charge in [0.05, 0.1) is 0 Å². The lowest BCUT2D eigenvalue weighted by Gasteiger charge is -2.45. The van der Waals surface area contributed by atoms with Crippen molar-refractivity contribution in [1.29, 1.82) is 0 Å². The first kappa shape index (κ1) is 24.7. The van der Waals surface area contributed by atoms with Gasteiger partial charge in [-0.15, -0.1) is 0 Å². The Hall–Kier alpha value is -1.90. The summed E-state index contributed by atoms with van der Waals surface area (Å²) in [6, 6.07) is 10.6. The Balaban J connectivity index is 1.94. The molecule has 0 N–H and O–H groups in total. The van der Waals surface area contributed by atoms with Gasteiger partial charge in [-0.05, 0) is 61.0 Å². The van der Waals surface area contributed by atoms with Crippen LogP contribution in [0.1, 0.15) is 98.0 Å². The third-order valence-corrected chi connectivity index (χ3v) is 8.06. The molecular weight excluding hydrogens is 396 g/mol. The van der Waals surface area contributed by atoms with Crippen molar-refractivity contribution in [3.8, 4) is 0 Å². The van der Waals surface area contributed by atoms with E-state index in [1.165, 1.54) is 5.56 Å². The molecule has 2 aliphatic rings. The summed E-state index contributed by atoms with van der Waals surface area (Å²) in [5.74, 6) is 0.543. The second-order valence-corrected chi connectivity index (χ2v) is 10.6. The zero-order valence-corrected chi connectivity index (χ0v) is 20.8. The molecule has 0 spiro atoms. The number of hydrogen-bond donors (Lipinski definition) is 0. The number of carbonyl (C=O) groups excluding carboxylic acids is 2. The van der Waals surface area contributed by atoms with E-state index in [4.69, 9.17) is 4.74 Å². The number of carbonyl (C=O) groups is 2. The van der Waals surface area contributed by atoms with Gasteiger partial charge in [0.25, 0.3) is 0 Å². The molecule has 0 amide bonds. The number of rotatable bonds is 7. The number of Topliss-reactive ketones (excluding diaryl/α,β-unsaturated/α-hetero) is 1. The van der Waals surface area contributed by atoms with Gasteiger partial charge in [-0.2, -0.15) is 0 Å². The van der Waals surface area contributed by atoms with E-state index in [2.05, 4.69) is 65.0 Å². The highest BCUT2D eigenvalue weighted by Gasteiger charge is 2.52. The Morgan fingerprint density at radius 1 is 1.16 bits per heavy atom. The van der Waals surface area contributed by atoms with Crippen molar-refractivity contribution < 1.29 is 14.3 Å². The largest absolute Gasteiger partial charge is 0.461 e. The van der Waals surface area contributed by atoms with Crippen LogP contribution in [0.3, 0.4) is 0 Å². The molecule has 0 unspecified atom stereocenters. The number of hydrogen-bond acceptors (Lipinski definition) is 3. The van der Waals surface area contributed by atoms with E-state index >= 15 is 0 Å². The van der Waals surface area contributed by atoms with E-state index in [1.807, 2.05) is 6.07 Å². The first-order valence-corrected chi connectivity index (χ1v) is 12.8. The van der Waals surface area contributed by atoms with Gasteiger partial charge in [0.2, 0.25) is 0 Å². The molecule has 0 saturated heterocycles. The van der Waals surface area contributed by atoms with Gasteiger partial charge in [0.1, 0.15) is 11.5 Å². The maximum absolute atomic E-state index is 13.9.